The fourth-order valence-electron chi connectivity index (χ4n) is 1.71. The molecule has 0 amide bonds. The van der Waals surface area contributed by atoms with Crippen LogP contribution in [0.1, 0.15) is 32.6 Å². The van der Waals surface area contributed by atoms with Gasteiger partial charge in [0.25, 0.3) is 0 Å². The number of benzene rings is 1. The maximum absolute atomic E-state index is 11.7. The zero-order valence-corrected chi connectivity index (χ0v) is 13.4. The number of carboxylic acids is 1. The number of carbonyl (C=O) groups is 1. The van der Waals surface area contributed by atoms with Gasteiger partial charge >= 0.3 is 5.97 Å². The van der Waals surface area contributed by atoms with Crippen LogP contribution in [0.4, 0.5) is 0 Å². The van der Waals surface area contributed by atoms with E-state index in [1.54, 1.807) is 0 Å². The molecule has 0 aliphatic carbocycles. The van der Waals surface area contributed by atoms with Crippen molar-refractivity contribution >= 4 is 15.8 Å². The Balaban J connectivity index is 2.50. The van der Waals surface area contributed by atoms with E-state index in [0.717, 1.165) is 19.3 Å². The largest absolute Gasteiger partial charge is 0.481 e. The number of hydrogen-bond acceptors (Lipinski definition) is 4. The molecule has 0 aromatic heterocycles. The summed E-state index contributed by atoms with van der Waals surface area (Å²) in [5, 5.41) is 8.57. The lowest BCUT2D eigenvalue weighted by molar-refractivity contribution is -0.134. The Morgan fingerprint density at radius 2 is 1.86 bits per heavy atom. The van der Waals surface area contributed by atoms with Crippen LogP contribution in [0, 0.1) is 11.8 Å². The number of carboxylic acid groups (broad SMARTS) is 1. The number of sulfone groups is 1. The van der Waals surface area contributed by atoms with Crippen molar-refractivity contribution in [3.8, 4) is 17.6 Å². The van der Waals surface area contributed by atoms with E-state index in [-0.39, 0.29) is 11.5 Å². The Kier molecular flexibility index (Phi) is 7.47. The van der Waals surface area contributed by atoms with E-state index in [0.29, 0.717) is 5.75 Å². The second-order valence-electron chi connectivity index (χ2n) is 4.72. The SMILES string of the molecule is CCCCCC#CCOc1ccc(S(=O)(=O)CC(=O)O)cc1. The van der Waals surface area contributed by atoms with Gasteiger partial charge in [0.15, 0.2) is 15.6 Å². The zero-order chi connectivity index (χ0) is 16.4. The molecule has 1 N–H and O–H groups in total. The van der Waals surface area contributed by atoms with Gasteiger partial charge in [-0.3, -0.25) is 4.79 Å². The van der Waals surface area contributed by atoms with E-state index < -0.39 is 21.6 Å². The molecule has 0 aliphatic rings. The first-order chi connectivity index (χ1) is 10.5. The average Bonchev–Trinajstić information content (AvgIpc) is 2.45. The molecule has 0 fully saturated rings. The number of rotatable bonds is 8. The molecule has 0 spiro atoms. The topological polar surface area (TPSA) is 80.7 Å². The van der Waals surface area contributed by atoms with E-state index >= 15 is 0 Å². The van der Waals surface area contributed by atoms with Crippen LogP contribution in [0.25, 0.3) is 0 Å². The van der Waals surface area contributed by atoms with Gasteiger partial charge in [-0.25, -0.2) is 8.42 Å². The van der Waals surface area contributed by atoms with E-state index in [4.69, 9.17) is 9.84 Å². The fraction of sp³-hybridized carbons (Fsp3) is 0.438. The lowest BCUT2D eigenvalue weighted by atomic mass is 10.2. The molecule has 6 heteroatoms. The summed E-state index contributed by atoms with van der Waals surface area (Å²) in [4.78, 5) is 10.5. The summed E-state index contributed by atoms with van der Waals surface area (Å²) < 4.78 is 28.8. The fourth-order valence-corrected chi connectivity index (χ4v) is 2.75. The van der Waals surface area contributed by atoms with Crippen molar-refractivity contribution in [2.75, 3.05) is 12.4 Å². The van der Waals surface area contributed by atoms with Gasteiger partial charge in [-0.15, -0.1) is 0 Å². The smallest absolute Gasteiger partial charge is 0.319 e. The van der Waals surface area contributed by atoms with E-state index in [1.165, 1.54) is 30.7 Å². The molecule has 22 heavy (non-hydrogen) atoms. The first-order valence-corrected chi connectivity index (χ1v) is 8.74. The molecule has 0 atom stereocenters. The Labute approximate surface area is 131 Å². The quantitative estimate of drug-likeness (QED) is 0.587. The Morgan fingerprint density at radius 1 is 1.18 bits per heavy atom. The van der Waals surface area contributed by atoms with Gasteiger partial charge < -0.3 is 9.84 Å². The standard InChI is InChI=1S/C16H20O5S/c1-2-3-4-5-6-7-12-21-14-8-10-15(11-9-14)22(19,20)13-16(17)18/h8-11H,2-5,12-13H2,1H3,(H,17,18). The highest BCUT2D eigenvalue weighted by atomic mass is 32.2. The Hall–Kier alpha value is -2.00. The Morgan fingerprint density at radius 3 is 2.45 bits per heavy atom. The third kappa shape index (κ3) is 6.64. The third-order valence-corrected chi connectivity index (χ3v) is 4.46. The van der Waals surface area contributed by atoms with Crippen LogP contribution in [0.3, 0.4) is 0 Å². The third-order valence-electron chi connectivity index (χ3n) is 2.84. The van der Waals surface area contributed by atoms with Crippen LogP contribution < -0.4 is 4.74 Å². The van der Waals surface area contributed by atoms with Gasteiger partial charge in [-0.05, 0) is 30.7 Å². The molecule has 1 aromatic carbocycles. The van der Waals surface area contributed by atoms with Crippen LogP contribution in [0.2, 0.25) is 0 Å². The van der Waals surface area contributed by atoms with Crippen LogP contribution in [0.15, 0.2) is 29.2 Å². The van der Waals surface area contributed by atoms with Crippen LogP contribution in [-0.4, -0.2) is 31.9 Å². The average molecular weight is 324 g/mol. The van der Waals surface area contributed by atoms with Gasteiger partial charge in [0, 0.05) is 6.42 Å². The van der Waals surface area contributed by atoms with Gasteiger partial charge in [-0.2, -0.15) is 0 Å². The normalized spacial score (nSPS) is 10.6. The van der Waals surface area contributed by atoms with Gasteiger partial charge in [0.05, 0.1) is 4.90 Å². The number of aliphatic carboxylic acids is 1. The molecule has 0 bridgehead atoms. The second-order valence-corrected chi connectivity index (χ2v) is 6.71. The Bertz CT molecular complexity index is 635. The summed E-state index contributed by atoms with van der Waals surface area (Å²) in [6.45, 7) is 2.38. The molecule has 0 saturated heterocycles. The maximum atomic E-state index is 11.7. The second kappa shape index (κ2) is 9.11. The first kappa shape index (κ1) is 18.1. The summed E-state index contributed by atoms with van der Waals surface area (Å²) in [5.41, 5.74) is 0. The highest BCUT2D eigenvalue weighted by Gasteiger charge is 2.18. The van der Waals surface area contributed by atoms with Crippen molar-refractivity contribution in [2.24, 2.45) is 0 Å². The minimum Gasteiger partial charge on any atom is -0.481 e. The molecule has 1 aromatic rings. The molecule has 1 rings (SSSR count). The van der Waals surface area contributed by atoms with Crippen LogP contribution >= 0.6 is 0 Å². The van der Waals surface area contributed by atoms with Gasteiger partial charge in [0.1, 0.15) is 12.4 Å². The molecular weight excluding hydrogens is 304 g/mol. The predicted molar refractivity (Wildman–Crippen MR) is 83.5 cm³/mol. The predicted octanol–water partition coefficient (Wildman–Crippen LogP) is 2.51. The van der Waals surface area contributed by atoms with E-state index in [1.807, 2.05) is 0 Å². The molecular formula is C16H20O5S. The minimum absolute atomic E-state index is 0.0344. The molecule has 0 heterocycles. The molecule has 0 aliphatic heterocycles. The van der Waals surface area contributed by atoms with E-state index in [9.17, 15) is 13.2 Å². The highest BCUT2D eigenvalue weighted by molar-refractivity contribution is 7.92. The zero-order valence-electron chi connectivity index (χ0n) is 12.5. The van der Waals surface area contributed by atoms with Gasteiger partial charge in [-0.1, -0.05) is 31.6 Å². The molecule has 120 valence electrons. The molecule has 0 radical (unpaired) electrons. The maximum Gasteiger partial charge on any atom is 0.319 e. The number of unbranched alkanes of at least 4 members (excludes halogenated alkanes) is 3. The summed E-state index contributed by atoms with van der Waals surface area (Å²) in [6.07, 6.45) is 4.26. The van der Waals surface area contributed by atoms with Crippen LogP contribution in [0.5, 0.6) is 5.75 Å². The summed E-state index contributed by atoms with van der Waals surface area (Å²) in [6, 6.07) is 5.66. The van der Waals surface area contributed by atoms with Gasteiger partial charge in [0.2, 0.25) is 0 Å². The minimum atomic E-state index is -3.80. The summed E-state index contributed by atoms with van der Waals surface area (Å²) in [7, 11) is -3.80. The summed E-state index contributed by atoms with van der Waals surface area (Å²) in [5.74, 6) is 4.11. The lowest BCUT2D eigenvalue weighted by Gasteiger charge is -2.04. The first-order valence-electron chi connectivity index (χ1n) is 7.09. The summed E-state index contributed by atoms with van der Waals surface area (Å²) >= 11 is 0. The van der Waals surface area contributed by atoms with Crippen molar-refractivity contribution in [3.63, 3.8) is 0 Å². The van der Waals surface area contributed by atoms with Crippen molar-refractivity contribution in [1.82, 2.24) is 0 Å². The monoisotopic (exact) mass is 324 g/mol. The van der Waals surface area contributed by atoms with Crippen molar-refractivity contribution in [3.05, 3.63) is 24.3 Å². The van der Waals surface area contributed by atoms with Crippen molar-refractivity contribution < 1.29 is 23.1 Å². The van der Waals surface area contributed by atoms with E-state index in [2.05, 4.69) is 18.8 Å². The lowest BCUT2D eigenvalue weighted by Crippen LogP contribution is -2.15. The van der Waals surface area contributed by atoms with Crippen LogP contribution in [-0.2, 0) is 14.6 Å². The molecule has 0 saturated carbocycles. The molecule has 0 unspecified atom stereocenters. The highest BCUT2D eigenvalue weighted by Crippen LogP contribution is 2.17. The number of ether oxygens (including phenoxy) is 1. The number of hydrogen-bond donors (Lipinski definition) is 1. The van der Waals surface area contributed by atoms with Crippen molar-refractivity contribution in [1.29, 1.82) is 0 Å². The molecule has 5 nitrogen and oxygen atoms in total. The van der Waals surface area contributed by atoms with Crippen molar-refractivity contribution in [2.45, 2.75) is 37.5 Å².